The predicted octanol–water partition coefficient (Wildman–Crippen LogP) is 4.28. The van der Waals surface area contributed by atoms with Crippen molar-refractivity contribution in [2.45, 2.75) is 46.6 Å². The maximum Gasteiger partial charge on any atom is 0.336 e. The minimum Gasteiger partial charge on any atom is -0.399 e. The molecular formula is C26H28FN5O3. The van der Waals surface area contributed by atoms with Crippen molar-refractivity contribution in [1.29, 1.82) is 0 Å². The number of fused-ring (bicyclic) bond motifs is 1. The quantitative estimate of drug-likeness (QED) is 0.380. The van der Waals surface area contributed by atoms with Crippen LogP contribution in [0.5, 0.6) is 0 Å². The van der Waals surface area contributed by atoms with E-state index in [-0.39, 0.29) is 34.0 Å². The van der Waals surface area contributed by atoms with Gasteiger partial charge >= 0.3 is 5.69 Å². The molecule has 0 saturated heterocycles. The molecule has 0 aliphatic heterocycles. The van der Waals surface area contributed by atoms with E-state index in [1.54, 1.807) is 44.2 Å². The van der Waals surface area contributed by atoms with Gasteiger partial charge in [-0.2, -0.15) is 0 Å². The highest BCUT2D eigenvalue weighted by atomic mass is 19.1. The topological polar surface area (TPSA) is 115 Å². The average Bonchev–Trinajstić information content (AvgIpc) is 3.65. The summed E-state index contributed by atoms with van der Waals surface area (Å²) in [5, 5.41) is 2.96. The highest BCUT2D eigenvalue weighted by Crippen LogP contribution is 2.34. The van der Waals surface area contributed by atoms with E-state index in [0.29, 0.717) is 24.2 Å². The van der Waals surface area contributed by atoms with Gasteiger partial charge in [0.2, 0.25) is 0 Å². The molecule has 0 bridgehead atoms. The lowest BCUT2D eigenvalue weighted by Gasteiger charge is -2.18. The van der Waals surface area contributed by atoms with Crippen LogP contribution in [0.4, 0.5) is 21.6 Å². The molecule has 1 fully saturated rings. The lowest BCUT2D eigenvalue weighted by molar-refractivity contribution is 0.630. The number of hydrogen-bond donors (Lipinski definition) is 3. The Balaban J connectivity index is 0.00000141. The minimum atomic E-state index is -0.540. The predicted molar refractivity (Wildman–Crippen MR) is 138 cm³/mol. The number of nitrogens with zero attached hydrogens (tertiary/aromatic N) is 2. The number of aromatic amines is 1. The molecule has 1 saturated carbocycles. The second-order valence-electron chi connectivity index (χ2n) is 8.41. The third kappa shape index (κ3) is 4.25. The molecule has 1 aliphatic rings. The molecule has 0 amide bonds. The molecule has 0 atom stereocenters. The molecule has 9 heteroatoms. The molecule has 5 rings (SSSR count). The Hall–Kier alpha value is -4.14. The van der Waals surface area contributed by atoms with Crippen LogP contribution in [0.25, 0.3) is 16.6 Å². The zero-order valence-corrected chi connectivity index (χ0v) is 20.1. The smallest absolute Gasteiger partial charge is 0.336 e. The number of aromatic nitrogens is 3. The Morgan fingerprint density at radius 2 is 1.77 bits per heavy atom. The molecular weight excluding hydrogens is 449 g/mol. The maximum atomic E-state index is 14.6. The normalized spacial score (nSPS) is 12.8. The van der Waals surface area contributed by atoms with Gasteiger partial charge in [0.25, 0.3) is 11.1 Å². The van der Waals surface area contributed by atoms with Gasteiger partial charge in [0.15, 0.2) is 0 Å². The average molecular weight is 478 g/mol. The fourth-order valence-electron chi connectivity index (χ4n) is 4.09. The van der Waals surface area contributed by atoms with Crippen molar-refractivity contribution in [1.82, 2.24) is 14.1 Å². The van der Waals surface area contributed by atoms with Crippen LogP contribution in [0, 0.1) is 19.7 Å². The Labute approximate surface area is 200 Å². The van der Waals surface area contributed by atoms with Crippen LogP contribution in [0.15, 0.2) is 56.8 Å². The van der Waals surface area contributed by atoms with E-state index in [2.05, 4.69) is 10.3 Å². The first-order valence-electron chi connectivity index (χ1n) is 11.6. The molecule has 35 heavy (non-hydrogen) atoms. The molecule has 1 aliphatic carbocycles. The SMILES string of the molecule is CC.Cc1ccc(Nc2[nH]c(=O)c(C)c3c2c(=O)n(C2CC2)c(=O)n3-c2cccc(N)c2)c(F)c1. The first-order valence-corrected chi connectivity index (χ1v) is 11.6. The number of H-pyrrole nitrogens is 1. The van der Waals surface area contributed by atoms with Gasteiger partial charge in [-0.05, 0) is 62.6 Å². The first kappa shape index (κ1) is 24.0. The summed E-state index contributed by atoms with van der Waals surface area (Å²) in [6.45, 7) is 7.30. The van der Waals surface area contributed by atoms with Crippen molar-refractivity contribution in [3.05, 3.63) is 90.6 Å². The van der Waals surface area contributed by atoms with Gasteiger partial charge < -0.3 is 16.0 Å². The number of rotatable bonds is 4. The van der Waals surface area contributed by atoms with Gasteiger partial charge in [-0.3, -0.25) is 18.7 Å². The summed E-state index contributed by atoms with van der Waals surface area (Å²) in [6, 6.07) is 11.0. The highest BCUT2D eigenvalue weighted by molar-refractivity contribution is 5.93. The number of hydrogen-bond acceptors (Lipinski definition) is 5. The van der Waals surface area contributed by atoms with E-state index >= 15 is 0 Å². The molecule has 8 nitrogen and oxygen atoms in total. The van der Waals surface area contributed by atoms with Crippen LogP contribution in [-0.4, -0.2) is 14.1 Å². The number of aryl methyl sites for hydroxylation is 2. The van der Waals surface area contributed by atoms with Gasteiger partial charge in [-0.1, -0.05) is 26.0 Å². The monoisotopic (exact) mass is 477 g/mol. The molecule has 0 unspecified atom stereocenters. The number of pyridine rings is 1. The Morgan fingerprint density at radius 1 is 1.06 bits per heavy atom. The molecule has 4 N–H and O–H groups in total. The van der Waals surface area contributed by atoms with E-state index in [1.165, 1.54) is 21.3 Å². The summed E-state index contributed by atoms with van der Waals surface area (Å²) in [7, 11) is 0. The van der Waals surface area contributed by atoms with E-state index < -0.39 is 22.6 Å². The van der Waals surface area contributed by atoms with Crippen molar-refractivity contribution >= 4 is 28.1 Å². The van der Waals surface area contributed by atoms with Crippen molar-refractivity contribution in [3.8, 4) is 5.69 Å². The fraction of sp³-hybridized carbons (Fsp3) is 0.269. The highest BCUT2D eigenvalue weighted by Gasteiger charge is 2.31. The van der Waals surface area contributed by atoms with Crippen LogP contribution >= 0.6 is 0 Å². The summed E-state index contributed by atoms with van der Waals surface area (Å²) >= 11 is 0. The van der Waals surface area contributed by atoms with E-state index in [0.717, 1.165) is 5.56 Å². The molecule has 4 aromatic rings. The molecule has 2 aromatic carbocycles. The number of benzene rings is 2. The fourth-order valence-corrected chi connectivity index (χ4v) is 4.09. The summed E-state index contributed by atoms with van der Waals surface area (Å²) in [6.07, 6.45) is 1.41. The minimum absolute atomic E-state index is 0.0282. The van der Waals surface area contributed by atoms with Gasteiger partial charge in [0, 0.05) is 17.3 Å². The number of halogens is 1. The van der Waals surface area contributed by atoms with E-state index in [1.807, 2.05) is 13.8 Å². The maximum absolute atomic E-state index is 14.6. The second-order valence-corrected chi connectivity index (χ2v) is 8.41. The van der Waals surface area contributed by atoms with Crippen LogP contribution in [0.3, 0.4) is 0 Å². The van der Waals surface area contributed by atoms with Crippen molar-refractivity contribution in [2.75, 3.05) is 11.1 Å². The standard InChI is InChI=1S/C24H22FN5O3.C2H6/c1-12-6-9-18(17(25)10-12)27-21-19-20(13(2)22(31)28-21)29(16-5-3-4-14(26)11-16)24(33)30(23(19)32)15-7-8-15;1-2/h3-6,9-11,15H,7-8,26H2,1-2H3,(H2,27,28,31);1-2H3. The number of nitrogen functional groups attached to an aromatic ring is 1. The largest absolute Gasteiger partial charge is 0.399 e. The van der Waals surface area contributed by atoms with E-state index in [9.17, 15) is 18.8 Å². The second kappa shape index (κ2) is 9.25. The molecule has 2 aromatic heterocycles. The third-order valence-electron chi connectivity index (χ3n) is 5.90. The van der Waals surface area contributed by atoms with Gasteiger partial charge in [0.1, 0.15) is 17.0 Å². The molecule has 0 spiro atoms. The van der Waals surface area contributed by atoms with Gasteiger partial charge in [-0.25, -0.2) is 9.18 Å². The summed E-state index contributed by atoms with van der Waals surface area (Å²) in [5.41, 5.74) is 6.42. The van der Waals surface area contributed by atoms with Crippen molar-refractivity contribution in [2.24, 2.45) is 0 Å². The van der Waals surface area contributed by atoms with Crippen LogP contribution in [-0.2, 0) is 0 Å². The van der Waals surface area contributed by atoms with Gasteiger partial charge in [0.05, 0.1) is 16.9 Å². The van der Waals surface area contributed by atoms with Crippen LogP contribution in [0.2, 0.25) is 0 Å². The first-order chi connectivity index (χ1) is 16.8. The lowest BCUT2D eigenvalue weighted by atomic mass is 10.1. The zero-order chi connectivity index (χ0) is 25.4. The van der Waals surface area contributed by atoms with Crippen LogP contribution in [0.1, 0.15) is 43.9 Å². The number of anilines is 3. The Kier molecular flexibility index (Phi) is 6.34. The van der Waals surface area contributed by atoms with Crippen LogP contribution < -0.4 is 27.9 Å². The zero-order valence-electron chi connectivity index (χ0n) is 20.1. The number of nitrogens with one attached hydrogen (secondary N) is 2. The summed E-state index contributed by atoms with van der Waals surface area (Å²) in [4.78, 5) is 42.6. The third-order valence-corrected chi connectivity index (χ3v) is 5.90. The van der Waals surface area contributed by atoms with E-state index in [4.69, 9.17) is 5.73 Å². The lowest BCUT2D eigenvalue weighted by Crippen LogP contribution is -2.40. The van der Waals surface area contributed by atoms with Crippen molar-refractivity contribution < 1.29 is 4.39 Å². The van der Waals surface area contributed by atoms with Gasteiger partial charge in [-0.15, -0.1) is 0 Å². The van der Waals surface area contributed by atoms with Crippen molar-refractivity contribution in [3.63, 3.8) is 0 Å². The summed E-state index contributed by atoms with van der Waals surface area (Å²) < 4.78 is 17.1. The Bertz CT molecular complexity index is 1610. The molecule has 2 heterocycles. The molecule has 182 valence electrons. The molecule has 0 radical (unpaired) electrons. The summed E-state index contributed by atoms with van der Waals surface area (Å²) in [5.74, 6) is -0.503. The Morgan fingerprint density at radius 3 is 2.40 bits per heavy atom. The number of nitrogens with two attached hydrogens (primary N) is 1.